The standard InChI is InChI=1S/C18H26N2O2.ClH/c1-12(14-8-4-6-10-17(14)22-2)19-18(21)16-11-13-7-3-5-9-15(13)20-16;/h4,6,8,10,12-13,15-16,20H,3,5,7,9,11H2,1-2H3,(H,19,21);1H. The molecule has 2 aliphatic rings. The number of rotatable bonds is 4. The number of amides is 1. The van der Waals surface area contributed by atoms with Gasteiger partial charge in [0.2, 0.25) is 5.91 Å². The van der Waals surface area contributed by atoms with Gasteiger partial charge in [-0.3, -0.25) is 4.79 Å². The molecule has 4 unspecified atom stereocenters. The molecule has 128 valence electrons. The lowest BCUT2D eigenvalue weighted by Crippen LogP contribution is -2.43. The Morgan fingerprint density at radius 3 is 2.78 bits per heavy atom. The van der Waals surface area contributed by atoms with E-state index < -0.39 is 0 Å². The summed E-state index contributed by atoms with van der Waals surface area (Å²) in [7, 11) is 1.66. The van der Waals surface area contributed by atoms with Gasteiger partial charge >= 0.3 is 0 Å². The van der Waals surface area contributed by atoms with Crippen LogP contribution in [0.3, 0.4) is 0 Å². The van der Waals surface area contributed by atoms with Crippen LogP contribution in [0.1, 0.15) is 50.6 Å². The smallest absolute Gasteiger partial charge is 0.237 e. The Kier molecular flexibility index (Phi) is 6.31. The summed E-state index contributed by atoms with van der Waals surface area (Å²) in [6.45, 7) is 2.01. The topological polar surface area (TPSA) is 50.4 Å². The third kappa shape index (κ3) is 3.99. The van der Waals surface area contributed by atoms with Gasteiger partial charge < -0.3 is 15.4 Å². The van der Waals surface area contributed by atoms with Crippen LogP contribution >= 0.6 is 12.4 Å². The van der Waals surface area contributed by atoms with Crippen LogP contribution in [0, 0.1) is 5.92 Å². The number of halogens is 1. The number of benzene rings is 1. The van der Waals surface area contributed by atoms with Gasteiger partial charge in [-0.05, 0) is 38.2 Å². The molecule has 2 fully saturated rings. The largest absolute Gasteiger partial charge is 0.496 e. The van der Waals surface area contributed by atoms with Crippen LogP contribution in [0.4, 0.5) is 0 Å². The van der Waals surface area contributed by atoms with Gasteiger partial charge in [0.15, 0.2) is 0 Å². The summed E-state index contributed by atoms with van der Waals surface area (Å²) in [4.78, 5) is 12.6. The Morgan fingerprint density at radius 1 is 1.30 bits per heavy atom. The number of carbonyl (C=O) groups is 1. The Morgan fingerprint density at radius 2 is 2.04 bits per heavy atom. The normalized spacial score (nSPS) is 27.5. The maximum absolute atomic E-state index is 12.6. The van der Waals surface area contributed by atoms with Crippen LogP contribution in [-0.4, -0.2) is 25.1 Å². The summed E-state index contributed by atoms with van der Waals surface area (Å²) in [5.41, 5.74) is 1.02. The molecular weight excluding hydrogens is 312 g/mol. The highest BCUT2D eigenvalue weighted by molar-refractivity contribution is 5.85. The van der Waals surface area contributed by atoms with Crippen LogP contribution in [0.25, 0.3) is 0 Å². The highest BCUT2D eigenvalue weighted by Crippen LogP contribution is 2.33. The molecule has 1 aromatic carbocycles. The van der Waals surface area contributed by atoms with Crippen molar-refractivity contribution in [2.24, 2.45) is 5.92 Å². The number of hydrogen-bond donors (Lipinski definition) is 2. The van der Waals surface area contributed by atoms with E-state index >= 15 is 0 Å². The molecule has 0 bridgehead atoms. The van der Waals surface area contributed by atoms with Crippen molar-refractivity contribution >= 4 is 18.3 Å². The first-order valence-electron chi connectivity index (χ1n) is 8.38. The second-order valence-corrected chi connectivity index (χ2v) is 6.58. The third-order valence-corrected chi connectivity index (χ3v) is 5.14. The predicted octanol–water partition coefficient (Wildman–Crippen LogP) is 3.21. The first kappa shape index (κ1) is 18.1. The minimum absolute atomic E-state index is 0. The Labute approximate surface area is 144 Å². The molecule has 4 nitrogen and oxygen atoms in total. The average molecular weight is 339 g/mol. The molecule has 2 N–H and O–H groups in total. The predicted molar refractivity (Wildman–Crippen MR) is 94.1 cm³/mol. The SMILES string of the molecule is COc1ccccc1C(C)NC(=O)C1CC2CCCCC2N1.Cl. The summed E-state index contributed by atoms with van der Waals surface area (Å²) in [5, 5.41) is 6.68. The first-order chi connectivity index (χ1) is 10.7. The molecule has 1 aliphatic heterocycles. The minimum atomic E-state index is -0.0481. The lowest BCUT2D eigenvalue weighted by Gasteiger charge is -2.24. The van der Waals surface area contributed by atoms with Crippen molar-refractivity contribution in [1.29, 1.82) is 0 Å². The Balaban J connectivity index is 0.00000192. The Bertz CT molecular complexity index is 524. The van der Waals surface area contributed by atoms with E-state index in [2.05, 4.69) is 10.6 Å². The number of hydrogen-bond acceptors (Lipinski definition) is 3. The zero-order valence-electron chi connectivity index (χ0n) is 13.9. The van der Waals surface area contributed by atoms with Crippen molar-refractivity contribution < 1.29 is 9.53 Å². The highest BCUT2D eigenvalue weighted by atomic mass is 35.5. The lowest BCUT2D eigenvalue weighted by molar-refractivity contribution is -0.123. The van der Waals surface area contributed by atoms with Crippen LogP contribution in [-0.2, 0) is 4.79 Å². The van der Waals surface area contributed by atoms with Crippen LogP contribution in [0.5, 0.6) is 5.75 Å². The average Bonchev–Trinajstić information content (AvgIpc) is 2.99. The molecule has 0 aromatic heterocycles. The summed E-state index contributed by atoms with van der Waals surface area (Å²) >= 11 is 0. The second kappa shape index (κ2) is 8.02. The number of fused-ring (bicyclic) bond motifs is 1. The van der Waals surface area contributed by atoms with E-state index in [1.165, 1.54) is 25.7 Å². The van der Waals surface area contributed by atoms with Crippen LogP contribution in [0.15, 0.2) is 24.3 Å². The molecule has 0 spiro atoms. The number of methoxy groups -OCH3 is 1. The monoisotopic (exact) mass is 338 g/mol. The fourth-order valence-electron chi connectivity index (χ4n) is 3.94. The molecule has 0 radical (unpaired) electrons. The maximum Gasteiger partial charge on any atom is 0.237 e. The van der Waals surface area contributed by atoms with Gasteiger partial charge in [0.25, 0.3) is 0 Å². The molecule has 4 atom stereocenters. The van der Waals surface area contributed by atoms with Crippen LogP contribution < -0.4 is 15.4 Å². The molecule has 1 aliphatic carbocycles. The van der Waals surface area contributed by atoms with Gasteiger partial charge in [-0.1, -0.05) is 31.0 Å². The molecule has 1 saturated heterocycles. The molecule has 1 amide bonds. The molecule has 3 rings (SSSR count). The molecule has 1 heterocycles. The molecule has 23 heavy (non-hydrogen) atoms. The van der Waals surface area contributed by atoms with E-state index in [-0.39, 0.29) is 30.4 Å². The zero-order chi connectivity index (χ0) is 15.5. The molecular formula is C18H27ClN2O2. The van der Waals surface area contributed by atoms with E-state index in [9.17, 15) is 4.79 Å². The van der Waals surface area contributed by atoms with Gasteiger partial charge in [-0.2, -0.15) is 0 Å². The second-order valence-electron chi connectivity index (χ2n) is 6.58. The maximum atomic E-state index is 12.6. The summed E-state index contributed by atoms with van der Waals surface area (Å²) in [6, 6.07) is 8.32. The van der Waals surface area contributed by atoms with Crippen molar-refractivity contribution in [3.8, 4) is 5.75 Å². The van der Waals surface area contributed by atoms with Gasteiger partial charge in [-0.15, -0.1) is 12.4 Å². The summed E-state index contributed by atoms with van der Waals surface area (Å²) < 4.78 is 5.38. The lowest BCUT2D eigenvalue weighted by atomic mass is 9.85. The van der Waals surface area contributed by atoms with Crippen molar-refractivity contribution in [2.75, 3.05) is 7.11 Å². The first-order valence-corrected chi connectivity index (χ1v) is 8.38. The fraction of sp³-hybridized carbons (Fsp3) is 0.611. The van der Waals surface area contributed by atoms with E-state index in [0.717, 1.165) is 17.7 Å². The number of ether oxygens (including phenoxy) is 1. The van der Waals surface area contributed by atoms with E-state index in [0.29, 0.717) is 12.0 Å². The molecule has 1 saturated carbocycles. The summed E-state index contributed by atoms with van der Waals surface area (Å²) in [6.07, 6.45) is 6.07. The van der Waals surface area contributed by atoms with Crippen molar-refractivity contribution in [3.63, 3.8) is 0 Å². The third-order valence-electron chi connectivity index (χ3n) is 5.14. The van der Waals surface area contributed by atoms with Gasteiger partial charge in [0.1, 0.15) is 5.75 Å². The van der Waals surface area contributed by atoms with E-state index in [4.69, 9.17) is 4.74 Å². The van der Waals surface area contributed by atoms with Gasteiger partial charge in [-0.25, -0.2) is 0 Å². The molecule has 1 aromatic rings. The van der Waals surface area contributed by atoms with Crippen LogP contribution in [0.2, 0.25) is 0 Å². The number of para-hydroxylation sites is 1. The number of carbonyl (C=O) groups excluding carboxylic acids is 1. The molecule has 5 heteroatoms. The van der Waals surface area contributed by atoms with Crippen molar-refractivity contribution in [1.82, 2.24) is 10.6 Å². The van der Waals surface area contributed by atoms with Gasteiger partial charge in [0, 0.05) is 11.6 Å². The van der Waals surface area contributed by atoms with E-state index in [1.807, 2.05) is 31.2 Å². The van der Waals surface area contributed by atoms with Crippen molar-refractivity contribution in [3.05, 3.63) is 29.8 Å². The summed E-state index contributed by atoms with van der Waals surface area (Å²) in [5.74, 6) is 1.63. The fourth-order valence-corrected chi connectivity index (χ4v) is 3.94. The quantitative estimate of drug-likeness (QED) is 0.886. The number of nitrogens with one attached hydrogen (secondary N) is 2. The highest BCUT2D eigenvalue weighted by Gasteiger charge is 2.38. The van der Waals surface area contributed by atoms with Crippen molar-refractivity contribution in [2.45, 2.75) is 57.2 Å². The van der Waals surface area contributed by atoms with E-state index in [1.54, 1.807) is 7.11 Å². The Hall–Kier alpha value is -1.26. The minimum Gasteiger partial charge on any atom is -0.496 e. The van der Waals surface area contributed by atoms with Gasteiger partial charge in [0.05, 0.1) is 19.2 Å². The zero-order valence-corrected chi connectivity index (χ0v) is 14.7.